The molecule has 0 saturated heterocycles. The molecule has 0 amide bonds. The smallest absolute Gasteiger partial charge is 0.408 e. The van der Waals surface area contributed by atoms with Gasteiger partial charge in [0.25, 0.3) is 6.43 Å². The summed E-state index contributed by atoms with van der Waals surface area (Å²) in [7, 11) is 3.81. The highest BCUT2D eigenvalue weighted by molar-refractivity contribution is 7.17. The van der Waals surface area contributed by atoms with Crippen LogP contribution in [0.15, 0.2) is 110 Å². The van der Waals surface area contributed by atoms with Crippen molar-refractivity contribution in [3.8, 4) is 17.0 Å². The number of nitrogens with zero attached hydrogens (tertiary/aromatic N) is 3. The fraction of sp³-hybridized carbons (Fsp3) is 0.308. The summed E-state index contributed by atoms with van der Waals surface area (Å²) in [5, 5.41) is 0. The number of allylic oxidation sites excluding steroid dienone is 5. The predicted octanol–water partition coefficient (Wildman–Crippen LogP) is 11.6. The van der Waals surface area contributed by atoms with Gasteiger partial charge in [-0.05, 0) is 45.0 Å². The third kappa shape index (κ3) is 13.4. The van der Waals surface area contributed by atoms with E-state index in [0.717, 1.165) is 45.9 Å². The van der Waals surface area contributed by atoms with Crippen LogP contribution in [0.2, 0.25) is 0 Å². The van der Waals surface area contributed by atoms with E-state index in [1.807, 2.05) is 60.2 Å². The van der Waals surface area contributed by atoms with E-state index >= 15 is 0 Å². The van der Waals surface area contributed by atoms with Crippen LogP contribution >= 0.6 is 9.24 Å². The summed E-state index contributed by atoms with van der Waals surface area (Å²) in [5.74, 6) is -2.60. The summed E-state index contributed by atoms with van der Waals surface area (Å²) in [6.07, 6.45) is 7.36. The average Bonchev–Trinajstić information content (AvgIpc) is 3.40. The molecule has 4 nitrogen and oxygen atoms in total. The number of benzene rings is 3. The minimum atomic E-state index is -3.38. The highest BCUT2D eigenvalue weighted by Gasteiger charge is 2.24. The fourth-order valence-corrected chi connectivity index (χ4v) is 5.02. The molecule has 0 N–H and O–H groups in total. The van der Waals surface area contributed by atoms with Gasteiger partial charge in [-0.2, -0.15) is 8.78 Å². The second-order valence-electron chi connectivity index (χ2n) is 11.0. The molecule has 0 bridgehead atoms. The summed E-state index contributed by atoms with van der Waals surface area (Å²) in [4.78, 5) is 7.17. The summed E-state index contributed by atoms with van der Waals surface area (Å²) in [6, 6.07) is 22.7. The molecule has 4 aromatic rings. The first-order chi connectivity index (χ1) is 23.5. The first kappa shape index (κ1) is 41.1. The molecule has 1 atom stereocenters. The first-order valence-electron chi connectivity index (χ1n) is 16.0. The molecule has 264 valence electrons. The van der Waals surface area contributed by atoms with E-state index < -0.39 is 12.3 Å². The van der Waals surface area contributed by atoms with Gasteiger partial charge < -0.3 is 9.30 Å². The molecule has 0 radical (unpaired) electrons. The molecule has 0 fully saturated rings. The number of hydrogen-bond acceptors (Lipinski definition) is 3. The number of alkyl halides is 5. The predicted molar refractivity (Wildman–Crippen MR) is 195 cm³/mol. The van der Waals surface area contributed by atoms with Gasteiger partial charge in [-0.15, -0.1) is 0 Å². The molecule has 4 rings (SSSR count). The second-order valence-corrected chi connectivity index (χ2v) is 11.7. The molecule has 0 aliphatic carbocycles. The number of aromatic nitrogens is 2. The standard InChI is InChI=1S/C35H36F4N3OP.C3H8.CH3F/c1-4-6-8-13-27(5-2)34-40-32(28-14-9-7-10-15-28)31(41(34)3)24-42(23-26-12-11-16-29(21-26)33(36)37)22-25-17-19-30(20-18-25)43-35(38,39)44;1-3-2;1-2/h5-21,33H,2,4,22-24,44H2,1,3H3;3H2,1-2H3;1H3/b8-6-,27-13+;;. The zero-order valence-corrected chi connectivity index (χ0v) is 30.0. The van der Waals surface area contributed by atoms with Gasteiger partial charge in [0.1, 0.15) is 11.6 Å². The quantitative estimate of drug-likeness (QED) is 0.0746. The van der Waals surface area contributed by atoms with Crippen molar-refractivity contribution in [3.05, 3.63) is 138 Å². The third-order valence-corrected chi connectivity index (χ3v) is 7.07. The zero-order valence-electron chi connectivity index (χ0n) is 28.9. The van der Waals surface area contributed by atoms with Gasteiger partial charge in [-0.1, -0.05) is 119 Å². The SMILES string of the molecule is C=C/C(=C\C=C/CC)c1nc(-c2ccccc2)c(CN(Cc2ccc(OC(F)(F)P)cc2)Cc2cccc(C(F)F)c2)n1C.CCC.CF. The van der Waals surface area contributed by atoms with E-state index in [1.165, 1.54) is 39.9 Å². The fourth-order valence-electron chi connectivity index (χ4n) is 4.88. The first-order valence-corrected chi connectivity index (χ1v) is 16.6. The Bertz CT molecular complexity index is 1610. The van der Waals surface area contributed by atoms with Crippen LogP contribution in [-0.4, -0.2) is 27.5 Å². The lowest BCUT2D eigenvalue weighted by atomic mass is 10.1. The molecular formula is C39H47F5N3OP. The van der Waals surface area contributed by atoms with Crippen molar-refractivity contribution in [3.63, 3.8) is 0 Å². The van der Waals surface area contributed by atoms with E-state index in [0.29, 0.717) is 26.8 Å². The maximum absolute atomic E-state index is 13.5. The van der Waals surface area contributed by atoms with Crippen LogP contribution in [-0.2, 0) is 26.7 Å². The monoisotopic (exact) mass is 699 g/mol. The third-order valence-electron chi connectivity index (χ3n) is 6.95. The molecule has 0 aliphatic rings. The number of halogens is 5. The lowest BCUT2D eigenvalue weighted by molar-refractivity contribution is -0.0892. The van der Waals surface area contributed by atoms with Crippen LogP contribution in [0.4, 0.5) is 22.0 Å². The topological polar surface area (TPSA) is 30.3 Å². The van der Waals surface area contributed by atoms with Crippen LogP contribution in [0.1, 0.15) is 68.2 Å². The van der Waals surface area contributed by atoms with Crippen LogP contribution in [0.5, 0.6) is 5.75 Å². The van der Waals surface area contributed by atoms with Crippen molar-refractivity contribution in [1.29, 1.82) is 0 Å². The number of imidazole rings is 1. The summed E-state index contributed by atoms with van der Waals surface area (Å²) in [6.45, 7) is 11.5. The van der Waals surface area contributed by atoms with Gasteiger partial charge >= 0.3 is 5.85 Å². The normalized spacial score (nSPS) is 11.7. The van der Waals surface area contributed by atoms with Crippen LogP contribution in [0.3, 0.4) is 0 Å². The molecular weight excluding hydrogens is 652 g/mol. The highest BCUT2D eigenvalue weighted by atomic mass is 31.0. The molecule has 0 saturated carbocycles. The van der Waals surface area contributed by atoms with E-state index in [2.05, 4.69) is 43.1 Å². The van der Waals surface area contributed by atoms with Gasteiger partial charge in [0.2, 0.25) is 0 Å². The molecule has 1 unspecified atom stereocenters. The number of rotatable bonds is 14. The number of ether oxygens (including phenoxy) is 1. The van der Waals surface area contributed by atoms with Gasteiger partial charge in [0.15, 0.2) is 0 Å². The molecule has 3 aromatic carbocycles. The minimum Gasteiger partial charge on any atom is -0.430 e. The van der Waals surface area contributed by atoms with Crippen molar-refractivity contribution >= 4 is 14.8 Å². The maximum atomic E-state index is 13.5. The van der Waals surface area contributed by atoms with Crippen LogP contribution in [0.25, 0.3) is 16.8 Å². The Hall–Kier alpha value is -4.07. The van der Waals surface area contributed by atoms with E-state index in [4.69, 9.17) is 4.98 Å². The lowest BCUT2D eigenvalue weighted by Gasteiger charge is -2.24. The highest BCUT2D eigenvalue weighted by Crippen LogP contribution is 2.31. The number of hydrogen-bond donors (Lipinski definition) is 0. The molecule has 1 aromatic heterocycles. The van der Waals surface area contributed by atoms with Gasteiger partial charge in [-0.3, -0.25) is 9.29 Å². The van der Waals surface area contributed by atoms with Crippen molar-refractivity contribution in [2.75, 3.05) is 7.18 Å². The van der Waals surface area contributed by atoms with Crippen LogP contribution < -0.4 is 4.74 Å². The van der Waals surface area contributed by atoms with Crippen molar-refractivity contribution in [1.82, 2.24) is 14.5 Å². The summed E-state index contributed by atoms with van der Waals surface area (Å²) in [5.41, 5.74) is 5.05. The molecule has 1 heterocycles. The Morgan fingerprint density at radius 2 is 1.57 bits per heavy atom. The summed E-state index contributed by atoms with van der Waals surface area (Å²) < 4.78 is 69.9. The largest absolute Gasteiger partial charge is 0.430 e. The van der Waals surface area contributed by atoms with Crippen LogP contribution in [0, 0.1) is 0 Å². The van der Waals surface area contributed by atoms with E-state index in [-0.39, 0.29) is 11.3 Å². The van der Waals surface area contributed by atoms with Crippen molar-refractivity contribution in [2.24, 2.45) is 7.05 Å². The van der Waals surface area contributed by atoms with Gasteiger partial charge in [0, 0.05) is 43.4 Å². The average molecular weight is 700 g/mol. The van der Waals surface area contributed by atoms with Crippen molar-refractivity contribution < 1.29 is 26.7 Å². The molecule has 0 spiro atoms. The Kier molecular flexibility index (Phi) is 17.7. The second kappa shape index (κ2) is 21.1. The Morgan fingerprint density at radius 1 is 0.939 bits per heavy atom. The van der Waals surface area contributed by atoms with Gasteiger partial charge in [0.05, 0.1) is 18.6 Å². The zero-order chi connectivity index (χ0) is 36.4. The Labute approximate surface area is 290 Å². The van der Waals surface area contributed by atoms with E-state index in [9.17, 15) is 22.0 Å². The minimum absolute atomic E-state index is 0.0356. The van der Waals surface area contributed by atoms with Gasteiger partial charge in [-0.25, -0.2) is 13.8 Å². The lowest BCUT2D eigenvalue weighted by Crippen LogP contribution is -2.24. The Morgan fingerprint density at radius 3 is 2.14 bits per heavy atom. The van der Waals surface area contributed by atoms with E-state index in [1.54, 1.807) is 24.3 Å². The maximum Gasteiger partial charge on any atom is 0.408 e. The van der Waals surface area contributed by atoms with Crippen molar-refractivity contribution in [2.45, 2.75) is 65.5 Å². The Balaban J connectivity index is 0.00000158. The molecule has 10 heteroatoms. The summed E-state index contributed by atoms with van der Waals surface area (Å²) >= 11 is 0. The molecule has 49 heavy (non-hydrogen) atoms. The molecule has 0 aliphatic heterocycles.